The molecule has 0 saturated carbocycles. The topological polar surface area (TPSA) is 533 Å². The van der Waals surface area contributed by atoms with Gasteiger partial charge in [0.2, 0.25) is 70.9 Å². The van der Waals surface area contributed by atoms with Crippen molar-refractivity contribution < 1.29 is 77.3 Å². The maximum Gasteiger partial charge on any atom is 0.305 e. The van der Waals surface area contributed by atoms with Crippen LogP contribution in [0, 0.1) is 17.8 Å². The van der Waals surface area contributed by atoms with Crippen molar-refractivity contribution in [1.82, 2.24) is 52.8 Å². The maximum absolute atomic E-state index is 14.3. The molecule has 2 aliphatic heterocycles. The van der Waals surface area contributed by atoms with Crippen molar-refractivity contribution in [3.05, 3.63) is 0 Å². The molecular weight excluding hydrogens is 1090 g/mol. The number of carboxylic acids is 2. The quantitative estimate of drug-likeness (QED) is 0.0157. The van der Waals surface area contributed by atoms with E-state index in [4.69, 9.17) is 28.7 Å². The maximum atomic E-state index is 14.3. The van der Waals surface area contributed by atoms with Crippen molar-refractivity contribution in [3.8, 4) is 0 Å². The number of aliphatic carboxylic acids is 2. The lowest BCUT2D eigenvalue weighted by molar-refractivity contribution is -0.143. The number of nitrogens with two attached hydrogens (primary N) is 5. The zero-order chi connectivity index (χ0) is 62.8. The van der Waals surface area contributed by atoms with Gasteiger partial charge >= 0.3 is 11.9 Å². The first kappa shape index (κ1) is 70.9. The minimum atomic E-state index is -1.91. The van der Waals surface area contributed by atoms with E-state index < -0.39 is 175 Å². The molecule has 2 saturated heterocycles. The monoisotopic (exact) mass is 1180 g/mol. The van der Waals surface area contributed by atoms with E-state index in [1.807, 2.05) is 0 Å². The number of primary amides is 3. The summed E-state index contributed by atoms with van der Waals surface area (Å²) in [6.07, 6.45) is -2.36. The fourth-order valence-corrected chi connectivity index (χ4v) is 9.22. The first-order chi connectivity index (χ1) is 38.8. The van der Waals surface area contributed by atoms with Crippen molar-refractivity contribution in [1.29, 1.82) is 0 Å². The van der Waals surface area contributed by atoms with Crippen molar-refractivity contribution in [2.24, 2.45) is 51.4 Å². The molecule has 2 fully saturated rings. The highest BCUT2D eigenvalue weighted by atomic mass is 16.4. The largest absolute Gasteiger partial charge is 0.481 e. The Hall–Kier alpha value is -8.19. The zero-order valence-corrected chi connectivity index (χ0v) is 47.9. The molecule has 12 amide bonds. The van der Waals surface area contributed by atoms with Crippen molar-refractivity contribution in [3.63, 3.8) is 0 Å². The van der Waals surface area contributed by atoms with Crippen molar-refractivity contribution in [2.75, 3.05) is 19.6 Å². The summed E-state index contributed by atoms with van der Waals surface area (Å²) in [4.78, 5) is 190. The Morgan fingerprint density at radius 1 is 0.506 bits per heavy atom. The van der Waals surface area contributed by atoms with Gasteiger partial charge in [0, 0.05) is 19.5 Å². The molecule has 466 valence electrons. The summed E-state index contributed by atoms with van der Waals surface area (Å²) < 4.78 is 0. The Labute approximate surface area is 480 Å². The van der Waals surface area contributed by atoms with Crippen LogP contribution in [-0.4, -0.2) is 184 Å². The molecule has 2 rings (SSSR count). The van der Waals surface area contributed by atoms with Crippen LogP contribution in [0.5, 0.6) is 0 Å². The van der Waals surface area contributed by atoms with Gasteiger partial charge in [-0.3, -0.25) is 72.1 Å². The van der Waals surface area contributed by atoms with Crippen LogP contribution in [0.2, 0.25) is 0 Å². The molecule has 0 aromatic heterocycles. The van der Waals surface area contributed by atoms with Crippen molar-refractivity contribution in [2.45, 2.75) is 192 Å². The Balaban J connectivity index is 2.46. The third kappa shape index (κ3) is 26.1. The van der Waals surface area contributed by atoms with Crippen LogP contribution in [-0.2, 0) is 67.1 Å². The number of likely N-dealkylation sites (tertiary alicyclic amines) is 1. The molecule has 0 aromatic carbocycles. The van der Waals surface area contributed by atoms with Crippen LogP contribution in [0.1, 0.15) is 131 Å². The average molecular weight is 1180 g/mol. The summed E-state index contributed by atoms with van der Waals surface area (Å²) in [5.74, 6) is -15.8. The second-order valence-electron chi connectivity index (χ2n) is 21.9. The van der Waals surface area contributed by atoms with E-state index in [-0.39, 0.29) is 75.3 Å². The summed E-state index contributed by atoms with van der Waals surface area (Å²) in [5.41, 5.74) is 27.3. The highest BCUT2D eigenvalue weighted by Gasteiger charge is 2.40. The zero-order valence-electron chi connectivity index (χ0n) is 47.9. The lowest BCUT2D eigenvalue weighted by Crippen LogP contribution is -2.61. The molecule has 2 aliphatic rings. The highest BCUT2D eigenvalue weighted by Crippen LogP contribution is 2.20. The van der Waals surface area contributed by atoms with Crippen LogP contribution < -0.4 is 76.5 Å². The average Bonchev–Trinajstić information content (AvgIpc) is 4.11. The van der Waals surface area contributed by atoms with Crippen LogP contribution in [0.3, 0.4) is 0 Å². The molecule has 21 N–H and O–H groups in total. The third-order valence-electron chi connectivity index (χ3n) is 13.2. The van der Waals surface area contributed by atoms with E-state index in [1.54, 1.807) is 41.5 Å². The molecular formula is C51H86N16O16. The summed E-state index contributed by atoms with van der Waals surface area (Å²) in [6, 6.07) is -14.5. The molecule has 0 spiro atoms. The van der Waals surface area contributed by atoms with Crippen LogP contribution in [0.4, 0.5) is 0 Å². The van der Waals surface area contributed by atoms with E-state index in [2.05, 4.69) is 52.8 Å². The molecule has 32 nitrogen and oxygen atoms in total. The summed E-state index contributed by atoms with van der Waals surface area (Å²) >= 11 is 0. The Morgan fingerprint density at radius 3 is 1.31 bits per heavy atom. The predicted molar refractivity (Wildman–Crippen MR) is 295 cm³/mol. The van der Waals surface area contributed by atoms with E-state index in [0.29, 0.717) is 25.8 Å². The molecule has 0 aromatic rings. The summed E-state index contributed by atoms with van der Waals surface area (Å²) in [5, 5.41) is 41.9. The Morgan fingerprint density at radius 2 is 0.916 bits per heavy atom. The number of hydrogen-bond donors (Lipinski definition) is 16. The first-order valence-corrected chi connectivity index (χ1v) is 27.6. The molecule has 83 heavy (non-hydrogen) atoms. The number of nitrogens with one attached hydrogen (secondary N) is 9. The number of rotatable bonds is 37. The Bertz CT molecular complexity index is 2380. The van der Waals surface area contributed by atoms with Gasteiger partial charge in [-0.15, -0.1) is 0 Å². The highest BCUT2D eigenvalue weighted by molar-refractivity contribution is 6.00. The predicted octanol–water partition coefficient (Wildman–Crippen LogP) is -5.62. The number of nitrogens with zero attached hydrogens (tertiary/aromatic N) is 2. The molecule has 2 heterocycles. The minimum Gasteiger partial charge on any atom is -0.481 e. The second kappa shape index (κ2) is 34.9. The molecule has 10 atom stereocenters. The number of carbonyl (C=O) groups excluding carboxylic acids is 12. The fraction of sp³-hybridized carbons (Fsp3) is 0.706. The summed E-state index contributed by atoms with van der Waals surface area (Å²) in [6.45, 7) is 10.7. The molecule has 0 bridgehead atoms. The number of carboxylic acid groups (broad SMARTS) is 2. The minimum absolute atomic E-state index is 0.00682. The normalized spacial score (nSPS) is 17.7. The first-order valence-electron chi connectivity index (χ1n) is 27.6. The standard InChI is InChI=1S/C51H86N16O16/c1-24(2)18-30(44(77)62-31(19-25(3)4)45(78)65-33(21-37(52)68)47(80)60-29(13-14-39(70)71)50(83)67-17-9-12-36(67)41(54)74)61-43(76)28(11-8-16-58-51(55)56)59-49(82)35(23-40(72)73)66-46(79)32(20-26(5)6)63-48(81)34(22-38(53)69)64-42(75)27-10-7-15-57-27/h24-36,57H,7-23H2,1-6H3,(H2,52,68)(H2,53,69)(H2,54,74)(H,59,82)(H,60,80)(H,61,76)(H,62,77)(H,63,81)(H,64,75)(H,65,78)(H,66,79)(H,70,71)(H,72,73)(H4,55,56,58)/t27-,28-,29-,30-,31-,32-,33-,34-,35-,36-/m0/s1. The van der Waals surface area contributed by atoms with Gasteiger partial charge in [0.25, 0.3) is 0 Å². The van der Waals surface area contributed by atoms with Gasteiger partial charge < -0.3 is 91.6 Å². The van der Waals surface area contributed by atoms with Crippen LogP contribution in [0.15, 0.2) is 4.99 Å². The van der Waals surface area contributed by atoms with Crippen molar-refractivity contribution >= 4 is 88.8 Å². The molecule has 0 unspecified atom stereocenters. The van der Waals surface area contributed by atoms with Gasteiger partial charge in [0.05, 0.1) is 25.3 Å². The van der Waals surface area contributed by atoms with Crippen LogP contribution in [0.25, 0.3) is 0 Å². The van der Waals surface area contributed by atoms with E-state index in [9.17, 15) is 77.3 Å². The van der Waals surface area contributed by atoms with Gasteiger partial charge in [-0.1, -0.05) is 41.5 Å². The lowest BCUT2D eigenvalue weighted by atomic mass is 9.99. The number of aliphatic imine (C=N–C) groups is 1. The van der Waals surface area contributed by atoms with E-state index in [0.717, 1.165) is 4.90 Å². The number of amides is 12. The summed E-state index contributed by atoms with van der Waals surface area (Å²) in [7, 11) is 0. The van der Waals surface area contributed by atoms with Gasteiger partial charge in [0.1, 0.15) is 54.4 Å². The van der Waals surface area contributed by atoms with Gasteiger partial charge in [-0.05, 0) is 88.5 Å². The molecule has 0 aliphatic carbocycles. The SMILES string of the molecule is CC(C)C[C@H](NC(=O)[C@H](CC(N)=O)NC(=O)[C@@H]1CCCN1)C(=O)N[C@@H](CC(=O)O)C(=O)N[C@@H](CCCN=C(N)N)C(=O)N[C@@H](CC(C)C)C(=O)N[C@@H](CC(C)C)C(=O)N[C@@H](CC(N)=O)C(=O)N[C@@H](CCC(=O)O)C(=O)N1CCC[C@H]1C(N)=O. The molecule has 32 heteroatoms. The van der Waals surface area contributed by atoms with Gasteiger partial charge in [-0.2, -0.15) is 0 Å². The van der Waals surface area contributed by atoms with E-state index in [1.165, 1.54) is 0 Å². The third-order valence-corrected chi connectivity index (χ3v) is 13.2. The fourth-order valence-electron chi connectivity index (χ4n) is 9.22. The van der Waals surface area contributed by atoms with Gasteiger partial charge in [0.15, 0.2) is 5.96 Å². The smallest absolute Gasteiger partial charge is 0.305 e. The number of guanidine groups is 1. The molecule has 0 radical (unpaired) electrons. The second-order valence-corrected chi connectivity index (χ2v) is 21.9. The Kier molecular flexibility index (Phi) is 29.9. The van der Waals surface area contributed by atoms with Crippen LogP contribution >= 0.6 is 0 Å². The number of hydrogen-bond acceptors (Lipinski definition) is 16. The van der Waals surface area contributed by atoms with E-state index >= 15 is 0 Å². The van der Waals surface area contributed by atoms with Gasteiger partial charge in [-0.25, -0.2) is 0 Å². The lowest BCUT2D eigenvalue weighted by Gasteiger charge is -2.30. The number of carbonyl (C=O) groups is 14.